The second kappa shape index (κ2) is 6.92. The van der Waals surface area contributed by atoms with Crippen LogP contribution in [0, 0.1) is 13.8 Å². The second-order valence-corrected chi connectivity index (χ2v) is 4.86. The number of rotatable bonds is 6. The highest BCUT2D eigenvalue weighted by atomic mass is 16.4. The zero-order valence-electron chi connectivity index (χ0n) is 11.7. The van der Waals surface area contributed by atoms with E-state index in [1.54, 1.807) is 6.07 Å². The molecule has 1 unspecified atom stereocenters. The van der Waals surface area contributed by atoms with Gasteiger partial charge in [0.1, 0.15) is 0 Å². The summed E-state index contributed by atoms with van der Waals surface area (Å²) in [5, 5.41) is 11.6. The van der Waals surface area contributed by atoms with Gasteiger partial charge in [-0.1, -0.05) is 19.4 Å². The molecule has 1 rings (SSSR count). The largest absolute Gasteiger partial charge is 0.481 e. The van der Waals surface area contributed by atoms with Gasteiger partial charge in [-0.2, -0.15) is 0 Å². The van der Waals surface area contributed by atoms with Gasteiger partial charge in [-0.15, -0.1) is 0 Å². The summed E-state index contributed by atoms with van der Waals surface area (Å²) >= 11 is 0. The Kier molecular flexibility index (Phi) is 5.55. The Morgan fingerprint density at radius 3 is 2.47 bits per heavy atom. The number of hydrogen-bond acceptors (Lipinski definition) is 2. The summed E-state index contributed by atoms with van der Waals surface area (Å²) in [6.07, 6.45) is 1.47. The van der Waals surface area contributed by atoms with Crippen LogP contribution in [-0.4, -0.2) is 23.0 Å². The van der Waals surface area contributed by atoms with Gasteiger partial charge in [-0.3, -0.25) is 9.59 Å². The first kappa shape index (κ1) is 15.2. The van der Waals surface area contributed by atoms with Crippen molar-refractivity contribution in [3.63, 3.8) is 0 Å². The van der Waals surface area contributed by atoms with Crippen molar-refractivity contribution in [2.75, 3.05) is 0 Å². The van der Waals surface area contributed by atoms with E-state index in [0.717, 1.165) is 17.5 Å². The molecule has 0 aliphatic heterocycles. The van der Waals surface area contributed by atoms with Crippen molar-refractivity contribution in [3.8, 4) is 0 Å². The normalized spacial score (nSPS) is 11.9. The summed E-state index contributed by atoms with van der Waals surface area (Å²) < 4.78 is 0. The molecular formula is C15H21NO3. The third-order valence-corrected chi connectivity index (χ3v) is 3.16. The first-order valence-electron chi connectivity index (χ1n) is 6.54. The number of aliphatic carboxylic acids is 1. The number of aryl methyl sites for hydroxylation is 2. The molecule has 0 fully saturated rings. The fourth-order valence-electron chi connectivity index (χ4n) is 1.94. The molecule has 104 valence electrons. The molecule has 0 heterocycles. The minimum atomic E-state index is -0.890. The van der Waals surface area contributed by atoms with E-state index in [1.807, 2.05) is 32.9 Å². The molecule has 0 radical (unpaired) electrons. The second-order valence-electron chi connectivity index (χ2n) is 4.86. The molecule has 0 saturated heterocycles. The third-order valence-electron chi connectivity index (χ3n) is 3.16. The molecule has 1 aromatic rings. The monoisotopic (exact) mass is 263 g/mol. The van der Waals surface area contributed by atoms with E-state index in [9.17, 15) is 9.59 Å². The summed E-state index contributed by atoms with van der Waals surface area (Å²) in [6, 6.07) is 5.18. The van der Waals surface area contributed by atoms with Crippen LogP contribution < -0.4 is 5.32 Å². The molecule has 0 aliphatic carbocycles. The summed E-state index contributed by atoms with van der Waals surface area (Å²) in [4.78, 5) is 22.8. The van der Waals surface area contributed by atoms with Crippen LogP contribution in [0.2, 0.25) is 0 Å². The Balaban J connectivity index is 2.75. The van der Waals surface area contributed by atoms with Crippen molar-refractivity contribution in [1.29, 1.82) is 0 Å². The lowest BCUT2D eigenvalue weighted by Gasteiger charge is -2.16. The van der Waals surface area contributed by atoms with Crippen LogP contribution in [0.15, 0.2) is 18.2 Å². The van der Waals surface area contributed by atoms with E-state index in [1.165, 1.54) is 0 Å². The first-order valence-corrected chi connectivity index (χ1v) is 6.54. The summed E-state index contributed by atoms with van der Waals surface area (Å²) in [6.45, 7) is 5.91. The molecule has 0 aliphatic rings. The van der Waals surface area contributed by atoms with Crippen LogP contribution in [-0.2, 0) is 4.79 Å². The molecule has 2 N–H and O–H groups in total. The molecule has 0 bridgehead atoms. The predicted octanol–water partition coefficient (Wildman–Crippen LogP) is 2.68. The summed E-state index contributed by atoms with van der Waals surface area (Å²) in [5.41, 5.74) is 2.76. The van der Waals surface area contributed by atoms with E-state index in [0.29, 0.717) is 12.0 Å². The van der Waals surface area contributed by atoms with E-state index < -0.39 is 5.97 Å². The number of carboxylic acids is 1. The highest BCUT2D eigenvalue weighted by Crippen LogP contribution is 2.11. The lowest BCUT2D eigenvalue weighted by atomic mass is 10.0. The van der Waals surface area contributed by atoms with Crippen LogP contribution in [0.25, 0.3) is 0 Å². The molecule has 4 nitrogen and oxygen atoms in total. The molecule has 1 atom stereocenters. The minimum Gasteiger partial charge on any atom is -0.481 e. The van der Waals surface area contributed by atoms with Gasteiger partial charge in [0.05, 0.1) is 6.42 Å². The highest BCUT2D eigenvalue weighted by Gasteiger charge is 2.16. The van der Waals surface area contributed by atoms with Gasteiger partial charge in [0.25, 0.3) is 5.91 Å². The maximum atomic E-state index is 12.1. The Morgan fingerprint density at radius 2 is 1.95 bits per heavy atom. The van der Waals surface area contributed by atoms with Gasteiger partial charge in [0.2, 0.25) is 0 Å². The quantitative estimate of drug-likeness (QED) is 0.829. The Labute approximate surface area is 113 Å². The number of carboxylic acid groups (broad SMARTS) is 1. The Hall–Kier alpha value is -1.84. The van der Waals surface area contributed by atoms with Crippen molar-refractivity contribution < 1.29 is 14.7 Å². The lowest BCUT2D eigenvalue weighted by Crippen LogP contribution is -2.36. The summed E-state index contributed by atoms with van der Waals surface area (Å²) in [5.74, 6) is -1.10. The SMILES string of the molecule is CCCC(CC(=O)O)NC(=O)c1ccc(C)c(C)c1. The molecule has 19 heavy (non-hydrogen) atoms. The van der Waals surface area contributed by atoms with Crippen LogP contribution in [0.3, 0.4) is 0 Å². The Bertz CT molecular complexity index is 468. The van der Waals surface area contributed by atoms with Crippen LogP contribution >= 0.6 is 0 Å². The number of amides is 1. The van der Waals surface area contributed by atoms with Crippen molar-refractivity contribution in [2.24, 2.45) is 0 Å². The number of carbonyl (C=O) groups excluding carboxylic acids is 1. The third kappa shape index (κ3) is 4.73. The number of carbonyl (C=O) groups is 2. The lowest BCUT2D eigenvalue weighted by molar-refractivity contribution is -0.137. The van der Waals surface area contributed by atoms with E-state index >= 15 is 0 Å². The van der Waals surface area contributed by atoms with Gasteiger partial charge in [0.15, 0.2) is 0 Å². The van der Waals surface area contributed by atoms with E-state index in [4.69, 9.17) is 5.11 Å². The maximum Gasteiger partial charge on any atom is 0.305 e. The first-order chi connectivity index (χ1) is 8.93. The van der Waals surface area contributed by atoms with Gasteiger partial charge in [-0.05, 0) is 43.5 Å². The van der Waals surface area contributed by atoms with Crippen molar-refractivity contribution >= 4 is 11.9 Å². The average Bonchev–Trinajstić information content (AvgIpc) is 2.32. The van der Waals surface area contributed by atoms with Crippen molar-refractivity contribution in [1.82, 2.24) is 5.32 Å². The van der Waals surface area contributed by atoms with Gasteiger partial charge >= 0.3 is 5.97 Å². The summed E-state index contributed by atoms with van der Waals surface area (Å²) in [7, 11) is 0. The molecule has 1 amide bonds. The fraction of sp³-hybridized carbons (Fsp3) is 0.467. The minimum absolute atomic E-state index is 0.0373. The Morgan fingerprint density at radius 1 is 1.26 bits per heavy atom. The molecule has 0 saturated carbocycles. The zero-order valence-corrected chi connectivity index (χ0v) is 11.7. The number of nitrogens with one attached hydrogen (secondary N) is 1. The van der Waals surface area contributed by atoms with Gasteiger partial charge < -0.3 is 10.4 Å². The topological polar surface area (TPSA) is 66.4 Å². The van der Waals surface area contributed by atoms with Crippen LogP contribution in [0.1, 0.15) is 47.7 Å². The molecule has 0 aromatic heterocycles. The van der Waals surface area contributed by atoms with Gasteiger partial charge in [0, 0.05) is 11.6 Å². The van der Waals surface area contributed by atoms with E-state index in [-0.39, 0.29) is 18.4 Å². The van der Waals surface area contributed by atoms with Crippen LogP contribution in [0.5, 0.6) is 0 Å². The number of benzene rings is 1. The van der Waals surface area contributed by atoms with E-state index in [2.05, 4.69) is 5.32 Å². The fourth-order valence-corrected chi connectivity index (χ4v) is 1.94. The van der Waals surface area contributed by atoms with Crippen molar-refractivity contribution in [2.45, 2.75) is 46.1 Å². The van der Waals surface area contributed by atoms with Gasteiger partial charge in [-0.25, -0.2) is 0 Å². The molecule has 4 heteroatoms. The van der Waals surface area contributed by atoms with Crippen molar-refractivity contribution in [3.05, 3.63) is 34.9 Å². The average molecular weight is 263 g/mol. The highest BCUT2D eigenvalue weighted by molar-refractivity contribution is 5.94. The molecule has 1 aromatic carbocycles. The standard InChI is InChI=1S/C15H21NO3/c1-4-5-13(9-14(17)18)16-15(19)12-7-6-10(2)11(3)8-12/h6-8,13H,4-5,9H2,1-3H3,(H,16,19)(H,17,18). The smallest absolute Gasteiger partial charge is 0.305 e. The molecule has 0 spiro atoms. The zero-order chi connectivity index (χ0) is 14.4. The predicted molar refractivity (Wildman–Crippen MR) is 74.3 cm³/mol. The molecular weight excluding hydrogens is 242 g/mol. The maximum absolute atomic E-state index is 12.1. The van der Waals surface area contributed by atoms with Crippen LogP contribution in [0.4, 0.5) is 0 Å². The number of hydrogen-bond donors (Lipinski definition) is 2.